The number of aryl methyl sites for hydroxylation is 1. The van der Waals surface area contributed by atoms with Crippen molar-refractivity contribution in [1.29, 1.82) is 0 Å². The summed E-state index contributed by atoms with van der Waals surface area (Å²) in [6, 6.07) is 10.7. The van der Waals surface area contributed by atoms with E-state index < -0.39 is 0 Å². The normalized spacial score (nSPS) is 16.7. The number of amides is 1. The molecule has 25 heavy (non-hydrogen) atoms. The van der Waals surface area contributed by atoms with Gasteiger partial charge in [-0.25, -0.2) is 0 Å². The summed E-state index contributed by atoms with van der Waals surface area (Å²) in [5, 5.41) is 3.47. The minimum absolute atomic E-state index is 0.154. The minimum atomic E-state index is -0.203. The van der Waals surface area contributed by atoms with Crippen molar-refractivity contribution in [2.45, 2.75) is 25.9 Å². The minimum Gasteiger partial charge on any atom is -0.490 e. The van der Waals surface area contributed by atoms with Gasteiger partial charge in [0.1, 0.15) is 12.4 Å². The first-order valence-electron chi connectivity index (χ1n) is 8.14. The van der Waals surface area contributed by atoms with Crippen molar-refractivity contribution in [2.24, 2.45) is 0 Å². The smallest absolute Gasteiger partial charge is 0.255 e. The summed E-state index contributed by atoms with van der Waals surface area (Å²) in [6.07, 6.45) is 2.26. The van der Waals surface area contributed by atoms with E-state index in [1.165, 1.54) is 0 Å². The molecule has 0 saturated carbocycles. The number of hydrogen-bond acceptors (Lipinski definition) is 3. The maximum atomic E-state index is 12.4. The molecule has 2 aromatic carbocycles. The van der Waals surface area contributed by atoms with Gasteiger partial charge in [-0.2, -0.15) is 0 Å². The van der Waals surface area contributed by atoms with Crippen LogP contribution in [0.4, 0.5) is 5.69 Å². The fourth-order valence-corrected chi connectivity index (χ4v) is 3.27. The lowest BCUT2D eigenvalue weighted by Gasteiger charge is -2.13. The monoisotopic (exact) mass is 423 g/mol. The summed E-state index contributed by atoms with van der Waals surface area (Å²) in [5.41, 5.74) is 2.17. The highest BCUT2D eigenvalue weighted by Gasteiger charge is 2.17. The van der Waals surface area contributed by atoms with E-state index in [9.17, 15) is 4.79 Å². The first-order valence-corrected chi connectivity index (χ1v) is 9.31. The number of anilines is 1. The largest absolute Gasteiger partial charge is 0.490 e. The lowest BCUT2D eigenvalue weighted by molar-refractivity contribution is 0.0677. The molecule has 1 unspecified atom stereocenters. The number of benzene rings is 2. The van der Waals surface area contributed by atoms with Gasteiger partial charge in [0.25, 0.3) is 5.91 Å². The van der Waals surface area contributed by atoms with Crippen LogP contribution in [0.5, 0.6) is 5.75 Å². The average Bonchev–Trinajstić information content (AvgIpc) is 3.10. The molecular formula is C19H19BrClNO3. The third-order valence-corrected chi connectivity index (χ3v) is 5.10. The Hall–Kier alpha value is -1.56. The average molecular weight is 425 g/mol. The molecule has 0 aromatic heterocycles. The van der Waals surface area contributed by atoms with E-state index >= 15 is 0 Å². The Kier molecular flexibility index (Phi) is 5.99. The van der Waals surface area contributed by atoms with E-state index in [-0.39, 0.29) is 12.0 Å². The van der Waals surface area contributed by atoms with Crippen LogP contribution >= 0.6 is 27.5 Å². The summed E-state index contributed by atoms with van der Waals surface area (Å²) in [5.74, 6) is 0.497. The predicted octanol–water partition coefficient (Wildman–Crippen LogP) is 5.22. The number of rotatable bonds is 5. The highest BCUT2D eigenvalue weighted by molar-refractivity contribution is 9.10. The third-order valence-electron chi connectivity index (χ3n) is 4.07. The van der Waals surface area contributed by atoms with Crippen LogP contribution < -0.4 is 10.1 Å². The summed E-state index contributed by atoms with van der Waals surface area (Å²) >= 11 is 9.56. The van der Waals surface area contributed by atoms with Crippen LogP contribution in [0.1, 0.15) is 28.8 Å². The molecule has 1 aliphatic rings. The quantitative estimate of drug-likeness (QED) is 0.716. The van der Waals surface area contributed by atoms with E-state index in [4.69, 9.17) is 21.1 Å². The lowest BCUT2D eigenvalue weighted by Crippen LogP contribution is -2.16. The van der Waals surface area contributed by atoms with Crippen LogP contribution in [-0.4, -0.2) is 25.2 Å². The second-order valence-corrected chi connectivity index (χ2v) is 7.27. The summed E-state index contributed by atoms with van der Waals surface area (Å²) in [6.45, 7) is 3.24. The van der Waals surface area contributed by atoms with Gasteiger partial charge in [0.15, 0.2) is 0 Å². The SMILES string of the molecule is Cc1ccc(NC(=O)c2ccc(OCC3CCCO3)c(Br)c2)cc1Cl. The zero-order valence-corrected chi connectivity index (χ0v) is 16.2. The third kappa shape index (κ3) is 4.75. The molecule has 6 heteroatoms. The fraction of sp³-hybridized carbons (Fsp3) is 0.316. The Labute approximate surface area is 160 Å². The molecular weight excluding hydrogens is 406 g/mol. The van der Waals surface area contributed by atoms with E-state index in [1.54, 1.807) is 24.3 Å². The summed E-state index contributed by atoms with van der Waals surface area (Å²) in [7, 11) is 0. The van der Waals surface area contributed by atoms with E-state index in [0.29, 0.717) is 28.6 Å². The molecule has 1 atom stereocenters. The second-order valence-electron chi connectivity index (χ2n) is 6.01. The van der Waals surface area contributed by atoms with Gasteiger partial charge in [-0.1, -0.05) is 17.7 Å². The van der Waals surface area contributed by atoms with Gasteiger partial charge in [0.2, 0.25) is 0 Å². The summed E-state index contributed by atoms with van der Waals surface area (Å²) in [4.78, 5) is 12.4. The van der Waals surface area contributed by atoms with Gasteiger partial charge < -0.3 is 14.8 Å². The predicted molar refractivity (Wildman–Crippen MR) is 103 cm³/mol. The highest BCUT2D eigenvalue weighted by atomic mass is 79.9. The number of carbonyl (C=O) groups excluding carboxylic acids is 1. The number of hydrogen-bond donors (Lipinski definition) is 1. The Morgan fingerprint density at radius 3 is 2.88 bits per heavy atom. The molecule has 0 aliphatic carbocycles. The second kappa shape index (κ2) is 8.21. The van der Waals surface area contributed by atoms with Crippen molar-refractivity contribution in [3.05, 3.63) is 57.0 Å². The summed E-state index contributed by atoms with van der Waals surface area (Å²) < 4.78 is 12.1. The Balaban J connectivity index is 1.64. The Bertz CT molecular complexity index is 775. The van der Waals surface area contributed by atoms with Gasteiger partial charge in [0.05, 0.1) is 10.6 Å². The molecule has 1 fully saturated rings. The van der Waals surface area contributed by atoms with Crippen molar-refractivity contribution in [1.82, 2.24) is 0 Å². The molecule has 1 heterocycles. The zero-order valence-electron chi connectivity index (χ0n) is 13.9. The fourth-order valence-electron chi connectivity index (χ4n) is 2.59. The molecule has 1 aliphatic heterocycles. The van der Waals surface area contributed by atoms with Crippen molar-refractivity contribution in [2.75, 3.05) is 18.5 Å². The highest BCUT2D eigenvalue weighted by Crippen LogP contribution is 2.28. The van der Waals surface area contributed by atoms with Crippen molar-refractivity contribution in [3.63, 3.8) is 0 Å². The van der Waals surface area contributed by atoms with Gasteiger partial charge in [-0.3, -0.25) is 4.79 Å². The van der Waals surface area contributed by atoms with Gasteiger partial charge in [0, 0.05) is 22.9 Å². The molecule has 0 spiro atoms. The number of nitrogens with one attached hydrogen (secondary N) is 1. The number of halogens is 2. The molecule has 1 N–H and O–H groups in total. The van der Waals surface area contributed by atoms with Crippen molar-refractivity contribution < 1.29 is 14.3 Å². The van der Waals surface area contributed by atoms with Crippen molar-refractivity contribution in [3.8, 4) is 5.75 Å². The molecule has 2 aromatic rings. The van der Waals surface area contributed by atoms with Gasteiger partial charge in [-0.05, 0) is 71.6 Å². The molecule has 132 valence electrons. The van der Waals surface area contributed by atoms with E-state index in [1.807, 2.05) is 19.1 Å². The van der Waals surface area contributed by atoms with Crippen LogP contribution in [0.15, 0.2) is 40.9 Å². The maximum absolute atomic E-state index is 12.4. The molecule has 1 amide bonds. The van der Waals surface area contributed by atoms with Gasteiger partial charge in [-0.15, -0.1) is 0 Å². The molecule has 3 rings (SSSR count). The number of ether oxygens (including phenoxy) is 2. The van der Waals surface area contributed by atoms with E-state index in [0.717, 1.165) is 29.5 Å². The van der Waals surface area contributed by atoms with Crippen LogP contribution in [0, 0.1) is 6.92 Å². The van der Waals surface area contributed by atoms with E-state index in [2.05, 4.69) is 21.2 Å². The Morgan fingerprint density at radius 2 is 2.20 bits per heavy atom. The first-order chi connectivity index (χ1) is 12.0. The topological polar surface area (TPSA) is 47.6 Å². The molecule has 0 bridgehead atoms. The van der Waals surface area contributed by atoms with Crippen LogP contribution in [0.25, 0.3) is 0 Å². The lowest BCUT2D eigenvalue weighted by atomic mass is 10.2. The van der Waals surface area contributed by atoms with Crippen LogP contribution in [0.2, 0.25) is 5.02 Å². The Morgan fingerprint density at radius 1 is 1.36 bits per heavy atom. The maximum Gasteiger partial charge on any atom is 0.255 e. The molecule has 1 saturated heterocycles. The van der Waals surface area contributed by atoms with Crippen LogP contribution in [-0.2, 0) is 4.74 Å². The van der Waals surface area contributed by atoms with Gasteiger partial charge >= 0.3 is 0 Å². The zero-order chi connectivity index (χ0) is 17.8. The molecule has 0 radical (unpaired) electrons. The van der Waals surface area contributed by atoms with Crippen molar-refractivity contribution >= 4 is 39.1 Å². The standard InChI is InChI=1S/C19H19BrClNO3/c1-12-4-6-14(10-17(12)21)22-19(23)13-5-7-18(16(20)9-13)25-11-15-3-2-8-24-15/h4-7,9-10,15H,2-3,8,11H2,1H3,(H,22,23). The van der Waals surface area contributed by atoms with Crippen LogP contribution in [0.3, 0.4) is 0 Å². The first kappa shape index (κ1) is 18.2. The number of carbonyl (C=O) groups is 1. The molecule has 4 nitrogen and oxygen atoms in total.